The Morgan fingerprint density at radius 1 is 0.480 bits per heavy atom. The summed E-state index contributed by atoms with van der Waals surface area (Å²) in [6.07, 6.45) is 6.70. The third kappa shape index (κ3) is 4.55. The van der Waals surface area contributed by atoms with Crippen LogP contribution in [0.4, 0.5) is 0 Å². The van der Waals surface area contributed by atoms with E-state index in [4.69, 9.17) is 4.98 Å². The van der Waals surface area contributed by atoms with Gasteiger partial charge >= 0.3 is 0 Å². The molecule has 0 spiro atoms. The molecule has 0 N–H and O–H groups in total. The number of pyridine rings is 1. The summed E-state index contributed by atoms with van der Waals surface area (Å²) in [5.41, 5.74) is 14.3. The topological polar surface area (TPSA) is 22.8 Å². The summed E-state index contributed by atoms with van der Waals surface area (Å²) in [6, 6.07) is 58.8. The minimum Gasteiger partial charge on any atom is -0.310 e. The van der Waals surface area contributed by atoms with Gasteiger partial charge in [-0.05, 0) is 89.2 Å². The Morgan fingerprint density at radius 2 is 1.18 bits per heavy atom. The molecule has 0 saturated carbocycles. The van der Waals surface area contributed by atoms with E-state index in [0.29, 0.717) is 0 Å². The number of benzene rings is 6. The van der Waals surface area contributed by atoms with Crippen molar-refractivity contribution in [2.45, 2.75) is 12.8 Å². The highest BCUT2D eigenvalue weighted by Gasteiger charge is 2.22. The lowest BCUT2D eigenvalue weighted by Crippen LogP contribution is -2.00. The Morgan fingerprint density at radius 3 is 2.00 bits per heavy atom. The average Bonchev–Trinajstić information content (AvgIpc) is 3.71. The van der Waals surface area contributed by atoms with Gasteiger partial charge in [-0.25, -0.2) is 4.98 Å². The molecule has 50 heavy (non-hydrogen) atoms. The van der Waals surface area contributed by atoms with Crippen molar-refractivity contribution < 1.29 is 0 Å². The number of para-hydroxylation sites is 2. The van der Waals surface area contributed by atoms with Crippen LogP contribution in [0.15, 0.2) is 170 Å². The number of rotatable bonds is 5. The predicted molar refractivity (Wildman–Crippen MR) is 209 cm³/mol. The Balaban J connectivity index is 1.24. The predicted octanol–water partition coefficient (Wildman–Crippen LogP) is 12.1. The van der Waals surface area contributed by atoms with Crippen LogP contribution in [0.2, 0.25) is 0 Å². The third-order valence-corrected chi connectivity index (χ3v) is 10.2. The highest BCUT2D eigenvalue weighted by Crippen LogP contribution is 2.42. The normalized spacial score (nSPS) is 12.6. The van der Waals surface area contributed by atoms with Gasteiger partial charge in [0.15, 0.2) is 0 Å². The summed E-state index contributed by atoms with van der Waals surface area (Å²) < 4.78 is 4.80. The van der Waals surface area contributed by atoms with Gasteiger partial charge in [0, 0.05) is 33.1 Å². The number of aryl methyl sites for hydroxylation is 1. The van der Waals surface area contributed by atoms with Crippen molar-refractivity contribution in [3.63, 3.8) is 0 Å². The quantitative estimate of drug-likeness (QED) is 0.184. The van der Waals surface area contributed by atoms with Crippen LogP contribution in [-0.2, 0) is 6.42 Å². The van der Waals surface area contributed by atoms with E-state index in [1.807, 2.05) is 0 Å². The monoisotopic (exact) mass is 639 g/mol. The van der Waals surface area contributed by atoms with Gasteiger partial charge in [-0.2, -0.15) is 0 Å². The molecule has 236 valence electrons. The lowest BCUT2D eigenvalue weighted by atomic mass is 9.94. The van der Waals surface area contributed by atoms with Crippen LogP contribution in [0.25, 0.3) is 83.8 Å². The lowest BCUT2D eigenvalue weighted by Gasteiger charge is -2.14. The van der Waals surface area contributed by atoms with Crippen molar-refractivity contribution in [1.29, 1.82) is 0 Å². The summed E-state index contributed by atoms with van der Waals surface area (Å²) in [4.78, 5) is 5.37. The summed E-state index contributed by atoms with van der Waals surface area (Å²) in [5, 5.41) is 3.78. The van der Waals surface area contributed by atoms with E-state index in [0.717, 1.165) is 46.5 Å². The Hall–Kier alpha value is -6.45. The van der Waals surface area contributed by atoms with Crippen LogP contribution in [0, 0.1) is 0 Å². The van der Waals surface area contributed by atoms with Crippen LogP contribution in [0.1, 0.15) is 17.7 Å². The first kappa shape index (κ1) is 28.6. The van der Waals surface area contributed by atoms with E-state index in [1.54, 1.807) is 0 Å². The van der Waals surface area contributed by atoms with E-state index in [2.05, 4.69) is 185 Å². The maximum Gasteiger partial charge on any atom is 0.138 e. The zero-order valence-electron chi connectivity index (χ0n) is 27.5. The van der Waals surface area contributed by atoms with Crippen LogP contribution in [-0.4, -0.2) is 14.1 Å². The summed E-state index contributed by atoms with van der Waals surface area (Å²) >= 11 is 0. The van der Waals surface area contributed by atoms with E-state index >= 15 is 0 Å². The zero-order valence-corrected chi connectivity index (χ0v) is 27.5. The number of aromatic nitrogens is 3. The molecule has 3 nitrogen and oxygen atoms in total. The van der Waals surface area contributed by atoms with Gasteiger partial charge in [0.2, 0.25) is 0 Å². The van der Waals surface area contributed by atoms with Gasteiger partial charge in [0.25, 0.3) is 0 Å². The van der Waals surface area contributed by atoms with Gasteiger partial charge in [0.05, 0.1) is 22.2 Å². The van der Waals surface area contributed by atoms with Crippen molar-refractivity contribution in [3.05, 3.63) is 181 Å². The number of fused-ring (bicyclic) bond motifs is 6. The molecule has 0 atom stereocenters. The van der Waals surface area contributed by atoms with Crippen LogP contribution >= 0.6 is 0 Å². The van der Waals surface area contributed by atoms with Crippen LogP contribution in [0.3, 0.4) is 0 Å². The standard InChI is InChI=1S/C47H33N3/c1-4-15-32(16-5-1)35-29-41(33-17-6-2-7-18-33)48-46(31-35)50-42-24-12-10-21-38(42)39-28-27-34(30-45(39)50)37-23-14-26-44-47(37)40-22-11-13-25-43(40)49(44)36-19-8-3-9-20-36/h1-10,12-21,23-31H,11,22H2. The molecular formula is C47H33N3. The fourth-order valence-corrected chi connectivity index (χ4v) is 7.95. The molecule has 0 bridgehead atoms. The number of allylic oxidation sites excluding steroid dienone is 1. The molecule has 0 unspecified atom stereocenters. The zero-order chi connectivity index (χ0) is 33.0. The van der Waals surface area contributed by atoms with E-state index < -0.39 is 0 Å². The highest BCUT2D eigenvalue weighted by atomic mass is 15.1. The number of nitrogens with zero attached hydrogens (tertiary/aromatic N) is 3. The van der Waals surface area contributed by atoms with E-state index in [-0.39, 0.29) is 0 Å². The van der Waals surface area contributed by atoms with Crippen molar-refractivity contribution in [1.82, 2.24) is 14.1 Å². The first-order chi connectivity index (χ1) is 24.8. The van der Waals surface area contributed by atoms with Gasteiger partial charge in [-0.15, -0.1) is 0 Å². The first-order valence-corrected chi connectivity index (χ1v) is 17.4. The molecule has 3 heterocycles. The minimum absolute atomic E-state index is 0.907. The number of hydrogen-bond acceptors (Lipinski definition) is 1. The molecule has 0 saturated heterocycles. The third-order valence-electron chi connectivity index (χ3n) is 10.2. The molecule has 1 aliphatic carbocycles. The molecule has 0 fully saturated rings. The smallest absolute Gasteiger partial charge is 0.138 e. The van der Waals surface area contributed by atoms with Crippen molar-refractivity contribution in [2.24, 2.45) is 0 Å². The molecule has 0 amide bonds. The molecule has 3 aromatic heterocycles. The van der Waals surface area contributed by atoms with E-state index in [9.17, 15) is 0 Å². The minimum atomic E-state index is 0.907. The van der Waals surface area contributed by atoms with Crippen molar-refractivity contribution in [2.75, 3.05) is 0 Å². The molecule has 3 heteroatoms. The molecule has 0 aliphatic heterocycles. The van der Waals surface area contributed by atoms with Crippen molar-refractivity contribution in [3.8, 4) is 45.0 Å². The van der Waals surface area contributed by atoms with Gasteiger partial charge < -0.3 is 4.57 Å². The second-order valence-corrected chi connectivity index (χ2v) is 13.1. The summed E-state index contributed by atoms with van der Waals surface area (Å²) in [5.74, 6) is 0.907. The second kappa shape index (κ2) is 11.6. The number of hydrogen-bond donors (Lipinski definition) is 0. The van der Waals surface area contributed by atoms with Crippen molar-refractivity contribution >= 4 is 38.8 Å². The fraction of sp³-hybridized carbons (Fsp3) is 0.0426. The molecule has 6 aromatic carbocycles. The molecule has 1 aliphatic rings. The summed E-state index contributed by atoms with van der Waals surface area (Å²) in [7, 11) is 0. The largest absolute Gasteiger partial charge is 0.310 e. The SMILES string of the molecule is C1=Cc2c(c3c(-c4ccc5c6ccccc6n(-c6cc(-c7ccccc7)cc(-c7ccccc7)n6)c5c4)cccc3n2-c2ccccc2)CC1. The van der Waals surface area contributed by atoms with Gasteiger partial charge in [-0.1, -0.05) is 127 Å². The molecule has 10 rings (SSSR count). The Labute approximate surface area is 291 Å². The fourth-order valence-electron chi connectivity index (χ4n) is 7.95. The van der Waals surface area contributed by atoms with Crippen LogP contribution < -0.4 is 0 Å². The maximum absolute atomic E-state index is 5.37. The Kier molecular flexibility index (Phi) is 6.63. The first-order valence-electron chi connectivity index (χ1n) is 17.4. The summed E-state index contributed by atoms with van der Waals surface area (Å²) in [6.45, 7) is 0. The maximum atomic E-state index is 5.37. The molecule has 0 radical (unpaired) electrons. The van der Waals surface area contributed by atoms with E-state index in [1.165, 1.54) is 55.3 Å². The second-order valence-electron chi connectivity index (χ2n) is 13.1. The molecular weight excluding hydrogens is 607 g/mol. The van der Waals surface area contributed by atoms with Crippen LogP contribution in [0.5, 0.6) is 0 Å². The highest BCUT2D eigenvalue weighted by molar-refractivity contribution is 6.11. The Bertz CT molecular complexity index is 2670. The van der Waals surface area contributed by atoms with Gasteiger partial charge in [-0.3, -0.25) is 4.57 Å². The van der Waals surface area contributed by atoms with Gasteiger partial charge in [0.1, 0.15) is 5.82 Å². The molecule has 9 aromatic rings. The lowest BCUT2D eigenvalue weighted by molar-refractivity contribution is 0.968. The average molecular weight is 640 g/mol.